The fourth-order valence-corrected chi connectivity index (χ4v) is 2.40. The number of hydrazone groups is 1. The molecule has 0 aliphatic heterocycles. The first-order chi connectivity index (χ1) is 13.2. The Balaban J connectivity index is 1.58. The number of amides is 1. The van der Waals surface area contributed by atoms with Crippen molar-refractivity contribution in [3.05, 3.63) is 102 Å². The molecule has 4 heteroatoms. The molecule has 134 valence electrons. The third-order valence-corrected chi connectivity index (χ3v) is 3.86. The molecule has 0 saturated carbocycles. The Bertz CT molecular complexity index is 931. The summed E-state index contributed by atoms with van der Waals surface area (Å²) in [5.41, 5.74) is 6.26. The summed E-state index contributed by atoms with van der Waals surface area (Å²) in [4.78, 5) is 11.8. The smallest absolute Gasteiger partial charge is 0.409 e. The van der Waals surface area contributed by atoms with Gasteiger partial charge in [-0.2, -0.15) is 5.10 Å². The third-order valence-electron chi connectivity index (χ3n) is 3.86. The number of benzene rings is 3. The predicted molar refractivity (Wildman–Crippen MR) is 110 cm³/mol. The summed E-state index contributed by atoms with van der Waals surface area (Å²) in [7, 11) is 0. The first kappa shape index (κ1) is 18.1. The molecule has 0 fully saturated rings. The minimum Gasteiger partial charge on any atom is -0.409 e. The Morgan fingerprint density at radius 2 is 1.37 bits per heavy atom. The number of carbonyl (C=O) groups is 1. The Morgan fingerprint density at radius 1 is 0.815 bits per heavy atom. The van der Waals surface area contributed by atoms with E-state index in [2.05, 4.69) is 34.8 Å². The average Bonchev–Trinajstić information content (AvgIpc) is 2.72. The van der Waals surface area contributed by atoms with Crippen LogP contribution in [0.4, 0.5) is 4.79 Å². The molecule has 1 amide bonds. The van der Waals surface area contributed by atoms with E-state index in [4.69, 9.17) is 4.74 Å². The molecule has 0 aliphatic rings. The van der Waals surface area contributed by atoms with Crippen LogP contribution in [0.15, 0.2) is 90.0 Å². The fourth-order valence-electron chi connectivity index (χ4n) is 2.40. The summed E-state index contributed by atoms with van der Waals surface area (Å²) < 4.78 is 5.13. The zero-order valence-corrected chi connectivity index (χ0v) is 15.0. The van der Waals surface area contributed by atoms with Gasteiger partial charge in [-0.1, -0.05) is 84.9 Å². The summed E-state index contributed by atoms with van der Waals surface area (Å²) in [5.74, 6) is 0.470. The van der Waals surface area contributed by atoms with Gasteiger partial charge < -0.3 is 4.74 Å². The topological polar surface area (TPSA) is 50.7 Å². The van der Waals surface area contributed by atoms with Gasteiger partial charge in [0.15, 0.2) is 0 Å². The number of hydrogen-bond acceptors (Lipinski definition) is 3. The van der Waals surface area contributed by atoms with E-state index in [9.17, 15) is 4.79 Å². The molecule has 0 spiro atoms. The standard InChI is InChI=1S/C23H20N2O2/c1-18(24-25-23(26)27-22-10-6-3-7-11-22)21-16-14-20(15-17-21)13-12-19-8-4-2-5-9-19/h2-17H,1H3,(H,25,26)/b13-12+,24-18-. The molecule has 0 aliphatic carbocycles. The number of nitrogens with zero attached hydrogens (tertiary/aromatic N) is 1. The van der Waals surface area contributed by atoms with Gasteiger partial charge in [-0.3, -0.25) is 0 Å². The van der Waals surface area contributed by atoms with Crippen LogP contribution in [0.2, 0.25) is 0 Å². The Morgan fingerprint density at radius 3 is 2.00 bits per heavy atom. The van der Waals surface area contributed by atoms with Crippen molar-refractivity contribution in [2.45, 2.75) is 6.92 Å². The molecule has 0 saturated heterocycles. The van der Waals surface area contributed by atoms with E-state index in [1.807, 2.05) is 55.5 Å². The first-order valence-electron chi connectivity index (χ1n) is 8.61. The Hall–Kier alpha value is -3.66. The van der Waals surface area contributed by atoms with Crippen LogP contribution in [0.25, 0.3) is 12.2 Å². The maximum Gasteiger partial charge on any atom is 0.433 e. The number of rotatable bonds is 5. The lowest BCUT2D eigenvalue weighted by atomic mass is 10.1. The molecule has 1 N–H and O–H groups in total. The van der Waals surface area contributed by atoms with Gasteiger partial charge in [0.25, 0.3) is 0 Å². The highest BCUT2D eigenvalue weighted by Gasteiger charge is 2.03. The lowest BCUT2D eigenvalue weighted by molar-refractivity contribution is 0.201. The second-order valence-corrected chi connectivity index (χ2v) is 5.88. The van der Waals surface area contributed by atoms with Crippen molar-refractivity contribution in [3.63, 3.8) is 0 Å². The van der Waals surface area contributed by atoms with Crippen molar-refractivity contribution in [1.29, 1.82) is 0 Å². The van der Waals surface area contributed by atoms with Gasteiger partial charge in [-0.05, 0) is 35.7 Å². The van der Waals surface area contributed by atoms with E-state index in [0.29, 0.717) is 11.5 Å². The Kier molecular flexibility index (Phi) is 6.15. The lowest BCUT2D eigenvalue weighted by Gasteiger charge is -2.05. The van der Waals surface area contributed by atoms with Crippen LogP contribution >= 0.6 is 0 Å². The van der Waals surface area contributed by atoms with Gasteiger partial charge in [0.2, 0.25) is 0 Å². The molecule has 0 heterocycles. The highest BCUT2D eigenvalue weighted by Crippen LogP contribution is 2.11. The molecule has 3 rings (SSSR count). The molecule has 0 atom stereocenters. The van der Waals surface area contributed by atoms with Crippen molar-refractivity contribution < 1.29 is 9.53 Å². The fraction of sp³-hybridized carbons (Fsp3) is 0.0435. The second-order valence-electron chi connectivity index (χ2n) is 5.88. The van der Waals surface area contributed by atoms with E-state index in [-0.39, 0.29) is 0 Å². The third kappa shape index (κ3) is 5.68. The predicted octanol–water partition coefficient (Wildman–Crippen LogP) is 5.37. The minimum atomic E-state index is -0.622. The van der Waals surface area contributed by atoms with Gasteiger partial charge in [0.05, 0.1) is 5.71 Å². The molecule has 3 aromatic carbocycles. The number of hydrogen-bond donors (Lipinski definition) is 1. The first-order valence-corrected chi connectivity index (χ1v) is 8.61. The van der Waals surface area contributed by atoms with E-state index < -0.39 is 6.09 Å². The summed E-state index contributed by atoms with van der Waals surface area (Å²) in [6.45, 7) is 1.83. The quantitative estimate of drug-likeness (QED) is 0.380. The molecule has 0 bridgehead atoms. The highest BCUT2D eigenvalue weighted by atomic mass is 16.6. The van der Waals surface area contributed by atoms with Crippen LogP contribution in [0.3, 0.4) is 0 Å². The zero-order valence-electron chi connectivity index (χ0n) is 15.0. The SMILES string of the molecule is C/C(=N/NC(=O)Oc1ccccc1)c1ccc(/C=C/c2ccccc2)cc1. The summed E-state index contributed by atoms with van der Waals surface area (Å²) in [5, 5.41) is 4.09. The van der Waals surface area contributed by atoms with Crippen LogP contribution in [-0.2, 0) is 0 Å². The lowest BCUT2D eigenvalue weighted by Crippen LogP contribution is -2.23. The molecule has 3 aromatic rings. The number of para-hydroxylation sites is 1. The summed E-state index contributed by atoms with van der Waals surface area (Å²) in [6.07, 6.45) is 3.50. The monoisotopic (exact) mass is 356 g/mol. The van der Waals surface area contributed by atoms with Crippen molar-refractivity contribution in [2.75, 3.05) is 0 Å². The van der Waals surface area contributed by atoms with E-state index >= 15 is 0 Å². The highest BCUT2D eigenvalue weighted by molar-refractivity contribution is 5.99. The zero-order chi connectivity index (χ0) is 18.9. The molecular weight excluding hydrogens is 336 g/mol. The number of carbonyl (C=O) groups excluding carboxylic acids is 1. The van der Waals surface area contributed by atoms with Gasteiger partial charge >= 0.3 is 6.09 Å². The van der Waals surface area contributed by atoms with Crippen molar-refractivity contribution in [2.24, 2.45) is 5.10 Å². The maximum atomic E-state index is 11.8. The second kappa shape index (κ2) is 9.15. The van der Waals surface area contributed by atoms with E-state index in [0.717, 1.165) is 16.7 Å². The van der Waals surface area contributed by atoms with Crippen molar-refractivity contribution in [1.82, 2.24) is 5.43 Å². The van der Waals surface area contributed by atoms with Crippen LogP contribution in [0, 0.1) is 0 Å². The van der Waals surface area contributed by atoms with E-state index in [1.54, 1.807) is 24.3 Å². The summed E-state index contributed by atoms with van der Waals surface area (Å²) in [6, 6.07) is 26.9. The largest absolute Gasteiger partial charge is 0.433 e. The molecular formula is C23H20N2O2. The number of ether oxygens (including phenoxy) is 1. The van der Waals surface area contributed by atoms with Gasteiger partial charge in [0, 0.05) is 0 Å². The van der Waals surface area contributed by atoms with Crippen LogP contribution in [0.5, 0.6) is 5.75 Å². The average molecular weight is 356 g/mol. The minimum absolute atomic E-state index is 0.470. The van der Waals surface area contributed by atoms with Gasteiger partial charge in [-0.25, -0.2) is 10.2 Å². The van der Waals surface area contributed by atoms with Crippen molar-refractivity contribution >= 4 is 24.0 Å². The normalized spacial score (nSPS) is 11.4. The van der Waals surface area contributed by atoms with Crippen LogP contribution in [-0.4, -0.2) is 11.8 Å². The summed E-state index contributed by atoms with van der Waals surface area (Å²) >= 11 is 0. The molecule has 0 aromatic heterocycles. The van der Waals surface area contributed by atoms with Gasteiger partial charge in [-0.15, -0.1) is 0 Å². The van der Waals surface area contributed by atoms with Crippen LogP contribution < -0.4 is 10.2 Å². The molecule has 0 unspecified atom stereocenters. The molecule has 4 nitrogen and oxygen atoms in total. The van der Waals surface area contributed by atoms with Crippen molar-refractivity contribution in [3.8, 4) is 5.75 Å². The molecule has 27 heavy (non-hydrogen) atoms. The van der Waals surface area contributed by atoms with Gasteiger partial charge in [0.1, 0.15) is 5.75 Å². The Labute approximate surface area is 158 Å². The molecule has 0 radical (unpaired) electrons. The van der Waals surface area contributed by atoms with E-state index in [1.165, 1.54) is 0 Å². The maximum absolute atomic E-state index is 11.8. The van der Waals surface area contributed by atoms with Crippen LogP contribution in [0.1, 0.15) is 23.6 Å². The number of nitrogens with one attached hydrogen (secondary N) is 1.